The van der Waals surface area contributed by atoms with Gasteiger partial charge in [-0.15, -0.1) is 0 Å². The number of nitrogens with two attached hydrogens (primary N) is 1. The lowest BCUT2D eigenvalue weighted by Crippen LogP contribution is -2.49. The Bertz CT molecular complexity index is 649. The van der Waals surface area contributed by atoms with Gasteiger partial charge in [0.05, 0.1) is 6.42 Å². The van der Waals surface area contributed by atoms with Crippen LogP contribution < -0.4 is 11.2 Å². The largest absolute Gasteiger partial charge is 0.370 e. The van der Waals surface area contributed by atoms with Gasteiger partial charge in [0.15, 0.2) is 5.11 Å². The molecule has 1 heterocycles. The molecule has 7 nitrogen and oxygen atoms in total. The van der Waals surface area contributed by atoms with Crippen molar-refractivity contribution in [2.24, 2.45) is 5.73 Å². The van der Waals surface area contributed by atoms with Crippen molar-refractivity contribution >= 4 is 51.0 Å². The van der Waals surface area contributed by atoms with Crippen LogP contribution in [-0.2, 0) is 9.59 Å². The quantitative estimate of drug-likeness (QED) is 0.732. The minimum atomic E-state index is -0.922. The number of carbonyl (C=O) groups excluding carboxylic acids is 3. The van der Waals surface area contributed by atoms with E-state index in [1.165, 1.54) is 17.0 Å². The molecule has 0 aromatic heterocycles. The molecule has 1 atom stereocenters. The smallest absolute Gasteiger partial charge is 0.269 e. The van der Waals surface area contributed by atoms with E-state index in [0.29, 0.717) is 5.56 Å². The number of rotatable bonds is 4. The van der Waals surface area contributed by atoms with Gasteiger partial charge in [-0.1, -0.05) is 15.9 Å². The second-order valence-corrected chi connectivity index (χ2v) is 5.96. The number of hydrogen-bond donors (Lipinski definition) is 2. The summed E-state index contributed by atoms with van der Waals surface area (Å²) in [6, 6.07) is 5.75. The summed E-state index contributed by atoms with van der Waals surface area (Å²) in [6.45, 7) is 0. The van der Waals surface area contributed by atoms with Gasteiger partial charge in [0.25, 0.3) is 11.8 Å². The topological polar surface area (TPSA) is 95.7 Å². The van der Waals surface area contributed by atoms with Gasteiger partial charge in [-0.2, -0.15) is 0 Å². The summed E-state index contributed by atoms with van der Waals surface area (Å²) in [5.41, 5.74) is 8.09. The van der Waals surface area contributed by atoms with E-state index in [-0.39, 0.29) is 17.4 Å². The highest BCUT2D eigenvalue weighted by atomic mass is 79.9. The van der Waals surface area contributed by atoms with Crippen molar-refractivity contribution in [3.05, 3.63) is 34.3 Å². The summed E-state index contributed by atoms with van der Waals surface area (Å²) in [5, 5.41) is 1.31. The molecule has 0 spiro atoms. The number of hydrazine groups is 1. The maximum absolute atomic E-state index is 12.2. The maximum atomic E-state index is 12.2. The van der Waals surface area contributed by atoms with E-state index in [4.69, 9.17) is 18.0 Å². The number of primary amides is 1. The Morgan fingerprint density at radius 3 is 2.50 bits per heavy atom. The zero-order chi connectivity index (χ0) is 16.4. The van der Waals surface area contributed by atoms with Crippen LogP contribution in [0.4, 0.5) is 0 Å². The van der Waals surface area contributed by atoms with Gasteiger partial charge in [0.1, 0.15) is 6.04 Å². The van der Waals surface area contributed by atoms with Crippen LogP contribution in [0.3, 0.4) is 0 Å². The summed E-state index contributed by atoms with van der Waals surface area (Å²) in [6.07, 6.45) is -0.232. The molecule has 0 aliphatic carbocycles. The minimum Gasteiger partial charge on any atom is -0.370 e. The number of hydrogen-bond acceptors (Lipinski definition) is 4. The van der Waals surface area contributed by atoms with Crippen LogP contribution in [-0.4, -0.2) is 45.8 Å². The molecule has 0 bridgehead atoms. The number of thiocarbonyl (C=S) groups is 1. The Labute approximate surface area is 140 Å². The molecule has 22 heavy (non-hydrogen) atoms. The molecule has 1 aromatic carbocycles. The third-order valence-corrected chi connectivity index (χ3v) is 4.14. The fourth-order valence-electron chi connectivity index (χ4n) is 1.99. The molecular weight excluding hydrogens is 372 g/mol. The Morgan fingerprint density at radius 2 is 1.95 bits per heavy atom. The molecule has 1 aliphatic heterocycles. The highest BCUT2D eigenvalue weighted by molar-refractivity contribution is 9.10. The van der Waals surface area contributed by atoms with Gasteiger partial charge in [-0.05, 0) is 36.5 Å². The van der Waals surface area contributed by atoms with Crippen molar-refractivity contribution in [3.8, 4) is 0 Å². The summed E-state index contributed by atoms with van der Waals surface area (Å²) in [7, 11) is 1.48. The van der Waals surface area contributed by atoms with Crippen molar-refractivity contribution < 1.29 is 14.4 Å². The third-order valence-electron chi connectivity index (χ3n) is 3.14. The molecule has 3 amide bonds. The average Bonchev–Trinajstić information content (AvgIpc) is 2.65. The maximum Gasteiger partial charge on any atom is 0.269 e. The fraction of sp³-hybridized carbons (Fsp3) is 0.231. The van der Waals surface area contributed by atoms with Gasteiger partial charge in [-0.3, -0.25) is 24.7 Å². The van der Waals surface area contributed by atoms with Gasteiger partial charge < -0.3 is 5.73 Å². The molecule has 1 saturated heterocycles. The van der Waals surface area contributed by atoms with Crippen LogP contribution in [0.1, 0.15) is 16.8 Å². The fourth-order valence-corrected chi connectivity index (χ4v) is 2.52. The summed E-state index contributed by atoms with van der Waals surface area (Å²) in [4.78, 5) is 36.6. The van der Waals surface area contributed by atoms with E-state index < -0.39 is 17.9 Å². The van der Waals surface area contributed by atoms with E-state index >= 15 is 0 Å². The van der Waals surface area contributed by atoms with E-state index in [0.717, 1.165) is 4.47 Å². The van der Waals surface area contributed by atoms with Gasteiger partial charge >= 0.3 is 0 Å². The van der Waals surface area contributed by atoms with Gasteiger partial charge in [-0.25, -0.2) is 5.01 Å². The lowest BCUT2D eigenvalue weighted by Gasteiger charge is -2.23. The lowest BCUT2D eigenvalue weighted by atomic mass is 10.2. The molecule has 2 rings (SSSR count). The van der Waals surface area contributed by atoms with E-state index in [9.17, 15) is 14.4 Å². The summed E-state index contributed by atoms with van der Waals surface area (Å²) >= 11 is 8.40. The van der Waals surface area contributed by atoms with Crippen LogP contribution in [0, 0.1) is 0 Å². The normalized spacial score (nSPS) is 17.8. The molecule has 1 aromatic rings. The number of nitrogens with one attached hydrogen (secondary N) is 1. The lowest BCUT2D eigenvalue weighted by molar-refractivity contribution is -0.130. The Hall–Kier alpha value is -2.00. The highest BCUT2D eigenvalue weighted by Crippen LogP contribution is 2.18. The van der Waals surface area contributed by atoms with E-state index in [1.807, 2.05) is 0 Å². The average molecular weight is 385 g/mol. The van der Waals surface area contributed by atoms with Gasteiger partial charge in [0.2, 0.25) is 5.91 Å². The van der Waals surface area contributed by atoms with Crippen LogP contribution in [0.15, 0.2) is 28.7 Å². The van der Waals surface area contributed by atoms with Crippen LogP contribution >= 0.6 is 28.1 Å². The molecule has 9 heteroatoms. The zero-order valence-electron chi connectivity index (χ0n) is 11.6. The molecule has 0 radical (unpaired) electrons. The van der Waals surface area contributed by atoms with Crippen molar-refractivity contribution in [2.45, 2.75) is 12.5 Å². The summed E-state index contributed by atoms with van der Waals surface area (Å²) < 4.78 is 0.835. The monoisotopic (exact) mass is 384 g/mol. The van der Waals surface area contributed by atoms with Gasteiger partial charge in [0, 0.05) is 17.1 Å². The number of likely N-dealkylation sites (N-methyl/N-ethyl adjacent to an activating group) is 1. The summed E-state index contributed by atoms with van der Waals surface area (Å²) in [5.74, 6) is -1.48. The first-order valence-corrected chi connectivity index (χ1v) is 7.47. The van der Waals surface area contributed by atoms with E-state index in [2.05, 4.69) is 21.4 Å². The first-order chi connectivity index (χ1) is 10.3. The predicted molar refractivity (Wildman–Crippen MR) is 86.4 cm³/mol. The minimum absolute atomic E-state index is 0.113. The molecule has 3 N–H and O–H groups in total. The van der Waals surface area contributed by atoms with Crippen molar-refractivity contribution in [1.82, 2.24) is 15.3 Å². The van der Waals surface area contributed by atoms with Crippen LogP contribution in [0.2, 0.25) is 0 Å². The molecular formula is C13H13BrN4O3S. The Morgan fingerprint density at radius 1 is 1.36 bits per heavy atom. The van der Waals surface area contributed by atoms with Crippen LogP contribution in [0.25, 0.3) is 0 Å². The third kappa shape index (κ3) is 3.25. The highest BCUT2D eigenvalue weighted by Gasteiger charge is 2.42. The zero-order valence-corrected chi connectivity index (χ0v) is 14.0. The Balaban J connectivity index is 2.19. The molecule has 0 saturated carbocycles. The van der Waals surface area contributed by atoms with Crippen molar-refractivity contribution in [2.75, 3.05) is 7.05 Å². The number of amides is 3. The van der Waals surface area contributed by atoms with E-state index in [1.54, 1.807) is 24.3 Å². The number of benzene rings is 1. The SMILES string of the molecule is CN1C(=O)C(CC(N)=O)N(NC(=O)c2ccc(Br)cc2)C1=S. The number of nitrogens with zero attached hydrogens (tertiary/aromatic N) is 2. The molecule has 1 aliphatic rings. The van der Waals surface area contributed by atoms with Crippen LogP contribution in [0.5, 0.6) is 0 Å². The second-order valence-electron chi connectivity index (χ2n) is 4.68. The Kier molecular flexibility index (Phi) is 4.77. The molecule has 1 fully saturated rings. The molecule has 116 valence electrons. The number of carbonyl (C=O) groups is 3. The first-order valence-electron chi connectivity index (χ1n) is 6.27. The second kappa shape index (κ2) is 6.41. The van der Waals surface area contributed by atoms with Crippen molar-refractivity contribution in [1.29, 1.82) is 0 Å². The molecule has 1 unspecified atom stereocenters. The first kappa shape index (κ1) is 16.4. The standard InChI is InChI=1S/C13H13BrN4O3S/c1-17-12(21)9(6-10(15)19)18(13(17)22)16-11(20)7-2-4-8(14)5-3-7/h2-5,9H,6H2,1H3,(H2,15,19)(H,16,20). The van der Waals surface area contributed by atoms with Crippen molar-refractivity contribution in [3.63, 3.8) is 0 Å². The predicted octanol–water partition coefficient (Wildman–Crippen LogP) is 0.397. The number of halogens is 1.